The van der Waals surface area contributed by atoms with Gasteiger partial charge < -0.3 is 19.6 Å². The van der Waals surface area contributed by atoms with Gasteiger partial charge in [0.15, 0.2) is 18.4 Å². The number of piperidine rings is 1. The number of nitrogens with zero attached hydrogens (tertiary/aromatic N) is 2. The summed E-state index contributed by atoms with van der Waals surface area (Å²) in [5.74, 6) is -3.66. The van der Waals surface area contributed by atoms with E-state index in [1.54, 1.807) is 6.07 Å². The summed E-state index contributed by atoms with van der Waals surface area (Å²) >= 11 is 2.15. The maximum Gasteiger partial charge on any atom is 0.342 e. The lowest BCUT2D eigenvalue weighted by Crippen LogP contribution is -2.39. The molecule has 0 saturated carbocycles. The fraction of sp³-hybridized carbons (Fsp3) is 0.391. The van der Waals surface area contributed by atoms with Crippen LogP contribution in [0.15, 0.2) is 24.3 Å². The first kappa shape index (κ1) is 22.9. The summed E-state index contributed by atoms with van der Waals surface area (Å²) in [6.45, 7) is 2.44. The number of aryl methyl sites for hydroxylation is 1. The Labute approximate surface area is 198 Å². The number of halogens is 3. The zero-order valence-electron chi connectivity index (χ0n) is 17.5. The molecule has 0 aromatic heterocycles. The van der Waals surface area contributed by atoms with Gasteiger partial charge in [0.2, 0.25) is 0 Å². The van der Waals surface area contributed by atoms with E-state index in [0.717, 1.165) is 15.2 Å². The van der Waals surface area contributed by atoms with Gasteiger partial charge in [0.1, 0.15) is 0 Å². The third-order valence-electron chi connectivity index (χ3n) is 6.11. The quantitative estimate of drug-likeness (QED) is 0.448. The predicted octanol–water partition coefficient (Wildman–Crippen LogP) is 4.38. The van der Waals surface area contributed by atoms with Gasteiger partial charge >= 0.3 is 5.97 Å². The Bertz CT molecular complexity index is 1070. The van der Waals surface area contributed by atoms with Crippen molar-refractivity contribution in [2.75, 3.05) is 31.3 Å². The number of fused-ring (bicyclic) bond motifs is 1. The standard InChI is InChI=1S/C23H23F2IN2O4/c1-13-10-15(26)2-3-18(13)28-12-32-23(31)17-11-16(19(24)20(25)21(17)28)22(30)27-7-4-14(5-8-27)6-9-29/h2-3,10-11,14,29H,4-9,12H2,1H3. The number of benzene rings is 2. The summed E-state index contributed by atoms with van der Waals surface area (Å²) in [5.41, 5.74) is 0.530. The maximum absolute atomic E-state index is 15.3. The normalized spacial score (nSPS) is 16.7. The smallest absolute Gasteiger partial charge is 0.342 e. The van der Waals surface area contributed by atoms with E-state index >= 15 is 8.78 Å². The number of likely N-dealkylation sites (tertiary alicyclic amines) is 1. The summed E-state index contributed by atoms with van der Waals surface area (Å²) < 4.78 is 36.7. The second-order valence-electron chi connectivity index (χ2n) is 8.12. The highest BCUT2D eigenvalue weighted by Gasteiger charge is 2.35. The molecule has 2 aliphatic heterocycles. The molecule has 0 spiro atoms. The van der Waals surface area contributed by atoms with E-state index in [1.165, 1.54) is 9.80 Å². The lowest BCUT2D eigenvalue weighted by atomic mass is 9.93. The first-order valence-electron chi connectivity index (χ1n) is 10.4. The van der Waals surface area contributed by atoms with Crippen LogP contribution in [0.4, 0.5) is 20.2 Å². The Balaban J connectivity index is 1.70. The number of rotatable bonds is 4. The van der Waals surface area contributed by atoms with Gasteiger partial charge in [-0.3, -0.25) is 4.79 Å². The van der Waals surface area contributed by atoms with Crippen LogP contribution in [0.25, 0.3) is 0 Å². The third-order valence-corrected chi connectivity index (χ3v) is 6.79. The zero-order valence-corrected chi connectivity index (χ0v) is 19.7. The Hall–Kier alpha value is -2.27. The van der Waals surface area contributed by atoms with Gasteiger partial charge in [0.05, 0.1) is 16.8 Å². The van der Waals surface area contributed by atoms with E-state index in [9.17, 15) is 9.59 Å². The van der Waals surface area contributed by atoms with Gasteiger partial charge in [-0.1, -0.05) is 0 Å². The topological polar surface area (TPSA) is 70.1 Å². The van der Waals surface area contributed by atoms with Gasteiger partial charge in [-0.2, -0.15) is 0 Å². The van der Waals surface area contributed by atoms with Crippen LogP contribution in [0.2, 0.25) is 0 Å². The molecule has 1 N–H and O–H groups in total. The fourth-order valence-electron chi connectivity index (χ4n) is 4.35. The number of hydrogen-bond donors (Lipinski definition) is 1. The van der Waals surface area contributed by atoms with Crippen molar-refractivity contribution in [3.8, 4) is 0 Å². The van der Waals surface area contributed by atoms with Gasteiger partial charge in [-0.25, -0.2) is 13.6 Å². The van der Waals surface area contributed by atoms with Crippen LogP contribution in [0, 0.1) is 28.0 Å². The number of aliphatic hydroxyl groups excluding tert-OH is 1. The van der Waals surface area contributed by atoms with Crippen molar-refractivity contribution >= 4 is 45.8 Å². The molecule has 2 aromatic carbocycles. The SMILES string of the molecule is Cc1cc(I)ccc1N1COC(=O)c2cc(C(=O)N3CCC(CCO)CC3)c(F)c(F)c21. The Morgan fingerprint density at radius 3 is 2.59 bits per heavy atom. The Morgan fingerprint density at radius 2 is 1.94 bits per heavy atom. The molecule has 0 atom stereocenters. The van der Waals surface area contributed by atoms with E-state index in [4.69, 9.17) is 9.84 Å². The van der Waals surface area contributed by atoms with Crippen LogP contribution in [0.3, 0.4) is 0 Å². The molecule has 2 aliphatic rings. The van der Waals surface area contributed by atoms with E-state index < -0.39 is 29.1 Å². The number of cyclic esters (lactones) is 1. The third kappa shape index (κ3) is 4.19. The van der Waals surface area contributed by atoms with Gasteiger partial charge in [0, 0.05) is 29.0 Å². The maximum atomic E-state index is 15.3. The highest BCUT2D eigenvalue weighted by Crippen LogP contribution is 2.39. The number of carbonyl (C=O) groups is 2. The second kappa shape index (κ2) is 9.30. The van der Waals surface area contributed by atoms with Crippen LogP contribution in [0.1, 0.15) is 45.5 Å². The number of ether oxygens (including phenoxy) is 1. The van der Waals surface area contributed by atoms with E-state index in [0.29, 0.717) is 44.0 Å². The van der Waals surface area contributed by atoms with Crippen LogP contribution >= 0.6 is 22.6 Å². The van der Waals surface area contributed by atoms with Crippen LogP contribution in [-0.4, -0.2) is 48.3 Å². The number of esters is 1. The van der Waals surface area contributed by atoms with Crippen molar-refractivity contribution in [1.82, 2.24) is 4.90 Å². The van der Waals surface area contributed by atoms with E-state index in [-0.39, 0.29) is 24.6 Å². The van der Waals surface area contributed by atoms with Crippen LogP contribution in [-0.2, 0) is 4.74 Å². The van der Waals surface area contributed by atoms with Crippen molar-refractivity contribution < 1.29 is 28.2 Å². The molecular weight excluding hydrogens is 533 g/mol. The minimum absolute atomic E-state index is 0.0852. The lowest BCUT2D eigenvalue weighted by Gasteiger charge is -2.34. The number of amides is 1. The van der Waals surface area contributed by atoms with Crippen molar-refractivity contribution in [2.45, 2.75) is 26.2 Å². The van der Waals surface area contributed by atoms with E-state index in [2.05, 4.69) is 22.6 Å². The van der Waals surface area contributed by atoms with Crippen molar-refractivity contribution in [3.05, 3.63) is 56.2 Å². The van der Waals surface area contributed by atoms with E-state index in [1.807, 2.05) is 19.1 Å². The van der Waals surface area contributed by atoms with Gasteiger partial charge in [0.25, 0.3) is 5.91 Å². The molecule has 2 aromatic rings. The Morgan fingerprint density at radius 1 is 1.22 bits per heavy atom. The summed E-state index contributed by atoms with van der Waals surface area (Å²) in [5, 5.41) is 9.09. The molecule has 2 heterocycles. The minimum atomic E-state index is -1.27. The van der Waals surface area contributed by atoms with Gasteiger partial charge in [-0.15, -0.1) is 0 Å². The monoisotopic (exact) mass is 556 g/mol. The summed E-state index contributed by atoms with van der Waals surface area (Å²) in [7, 11) is 0. The summed E-state index contributed by atoms with van der Waals surface area (Å²) in [6.07, 6.45) is 2.02. The number of carbonyl (C=O) groups excluding carboxylic acids is 2. The first-order chi connectivity index (χ1) is 15.3. The Kier molecular flexibility index (Phi) is 6.66. The van der Waals surface area contributed by atoms with Crippen molar-refractivity contribution in [1.29, 1.82) is 0 Å². The number of aliphatic hydroxyl groups is 1. The number of hydrogen-bond acceptors (Lipinski definition) is 5. The minimum Gasteiger partial charge on any atom is -0.440 e. The molecular formula is C23H23F2IN2O4. The first-order valence-corrected chi connectivity index (χ1v) is 11.5. The van der Waals surface area contributed by atoms with Crippen molar-refractivity contribution in [3.63, 3.8) is 0 Å². The largest absolute Gasteiger partial charge is 0.440 e. The molecule has 1 saturated heterocycles. The molecule has 1 amide bonds. The molecule has 32 heavy (non-hydrogen) atoms. The highest BCUT2D eigenvalue weighted by atomic mass is 127. The highest BCUT2D eigenvalue weighted by molar-refractivity contribution is 14.1. The van der Waals surface area contributed by atoms with Gasteiger partial charge in [-0.05, 0) is 84.5 Å². The lowest BCUT2D eigenvalue weighted by molar-refractivity contribution is 0.0491. The molecule has 0 aliphatic carbocycles. The fourth-order valence-corrected chi connectivity index (χ4v) is 4.99. The molecule has 170 valence electrons. The summed E-state index contributed by atoms with van der Waals surface area (Å²) in [4.78, 5) is 28.3. The average Bonchev–Trinajstić information content (AvgIpc) is 2.77. The van der Waals surface area contributed by atoms with Crippen LogP contribution < -0.4 is 4.90 Å². The zero-order chi connectivity index (χ0) is 23.0. The molecule has 0 bridgehead atoms. The predicted molar refractivity (Wildman–Crippen MR) is 123 cm³/mol. The molecule has 0 unspecified atom stereocenters. The number of anilines is 2. The molecule has 0 radical (unpaired) electrons. The van der Waals surface area contributed by atoms with Crippen LogP contribution in [0.5, 0.6) is 0 Å². The molecule has 1 fully saturated rings. The van der Waals surface area contributed by atoms with Crippen molar-refractivity contribution in [2.24, 2.45) is 5.92 Å². The molecule has 6 nitrogen and oxygen atoms in total. The average molecular weight is 556 g/mol. The second-order valence-corrected chi connectivity index (χ2v) is 9.36. The molecule has 9 heteroatoms. The summed E-state index contributed by atoms with van der Waals surface area (Å²) in [6, 6.07) is 6.57. The molecule has 4 rings (SSSR count).